The third kappa shape index (κ3) is 6.14. The van der Waals surface area contributed by atoms with Gasteiger partial charge in [-0.2, -0.15) is 0 Å². The van der Waals surface area contributed by atoms with E-state index in [2.05, 4.69) is 66.4 Å². The van der Waals surface area contributed by atoms with Crippen LogP contribution >= 0.6 is 24.0 Å². The van der Waals surface area contributed by atoms with Gasteiger partial charge in [-0.05, 0) is 68.0 Å². The zero-order valence-electron chi connectivity index (χ0n) is 18.7. The Morgan fingerprint density at radius 3 is 2.09 bits per heavy atom. The molecule has 3 aromatic carbocycles. The summed E-state index contributed by atoms with van der Waals surface area (Å²) in [6.07, 6.45) is 3.82. The Morgan fingerprint density at radius 2 is 1.47 bits per heavy atom. The second-order valence-electron chi connectivity index (χ2n) is 8.90. The quantitative estimate of drug-likeness (QED) is 0.403. The zero-order valence-corrected chi connectivity index (χ0v) is 20.3. The van der Waals surface area contributed by atoms with Gasteiger partial charge in [0, 0.05) is 24.0 Å². The van der Waals surface area contributed by atoms with Gasteiger partial charge < -0.3 is 10.0 Å². The Bertz CT molecular complexity index is 949. The van der Waals surface area contributed by atoms with Crippen molar-refractivity contribution in [3.05, 3.63) is 106 Å². The lowest BCUT2D eigenvalue weighted by molar-refractivity contribution is -0.0261. The Hall–Kier alpha value is -1.84. The summed E-state index contributed by atoms with van der Waals surface area (Å²) in [4.78, 5) is 2.50. The average Bonchev–Trinajstić information content (AvgIpc) is 2.80. The summed E-state index contributed by atoms with van der Waals surface area (Å²) in [5.41, 5.74) is 4.35. The van der Waals surface area contributed by atoms with Gasteiger partial charge in [-0.15, -0.1) is 12.4 Å². The predicted molar refractivity (Wildman–Crippen MR) is 137 cm³/mol. The lowest BCUT2D eigenvalue weighted by Crippen LogP contribution is -2.42. The number of hydrogen-bond acceptors (Lipinski definition) is 2. The number of likely N-dealkylation sites (tertiary alicyclic amines) is 1. The van der Waals surface area contributed by atoms with Crippen molar-refractivity contribution in [3.8, 4) is 0 Å². The summed E-state index contributed by atoms with van der Waals surface area (Å²) in [5, 5.41) is 11.8. The van der Waals surface area contributed by atoms with E-state index in [1.165, 1.54) is 16.7 Å². The number of hydrogen-bond donors (Lipinski definition) is 1. The second-order valence-corrected chi connectivity index (χ2v) is 9.33. The Morgan fingerprint density at radius 1 is 0.875 bits per heavy atom. The molecule has 1 N–H and O–H groups in total. The fourth-order valence-electron chi connectivity index (χ4n) is 4.72. The van der Waals surface area contributed by atoms with Crippen molar-refractivity contribution in [1.82, 2.24) is 4.90 Å². The number of nitrogens with zero attached hydrogens (tertiary/aromatic N) is 1. The van der Waals surface area contributed by atoms with E-state index in [1.807, 2.05) is 24.3 Å². The van der Waals surface area contributed by atoms with Crippen LogP contribution in [0.5, 0.6) is 0 Å². The summed E-state index contributed by atoms with van der Waals surface area (Å²) in [5.74, 6) is 0.428. The molecule has 0 bridgehead atoms. The third-order valence-electron chi connectivity index (χ3n) is 6.71. The maximum atomic E-state index is 11.1. The predicted octanol–water partition coefficient (Wildman–Crippen LogP) is 6.97. The van der Waals surface area contributed by atoms with E-state index < -0.39 is 5.60 Å². The van der Waals surface area contributed by atoms with E-state index in [9.17, 15) is 5.11 Å². The molecule has 0 saturated carbocycles. The van der Waals surface area contributed by atoms with Crippen molar-refractivity contribution in [2.75, 3.05) is 19.6 Å². The molecular formula is C28H33Cl2NO. The second kappa shape index (κ2) is 11.3. The summed E-state index contributed by atoms with van der Waals surface area (Å²) < 4.78 is 0. The van der Waals surface area contributed by atoms with Gasteiger partial charge in [-0.3, -0.25) is 0 Å². The van der Waals surface area contributed by atoms with Crippen LogP contribution in [0.25, 0.3) is 0 Å². The molecule has 0 aromatic heterocycles. The van der Waals surface area contributed by atoms with Crippen molar-refractivity contribution in [2.24, 2.45) is 0 Å². The molecule has 1 aliphatic rings. The van der Waals surface area contributed by atoms with Crippen LogP contribution in [0.3, 0.4) is 0 Å². The first-order valence-electron chi connectivity index (χ1n) is 11.4. The molecule has 1 heterocycles. The molecule has 1 fully saturated rings. The topological polar surface area (TPSA) is 23.5 Å². The highest BCUT2D eigenvalue weighted by Gasteiger charge is 2.33. The first-order valence-corrected chi connectivity index (χ1v) is 11.7. The molecule has 1 saturated heterocycles. The molecule has 2 nitrogen and oxygen atoms in total. The molecule has 0 spiro atoms. The molecule has 1 aliphatic heterocycles. The van der Waals surface area contributed by atoms with Crippen LogP contribution in [0.1, 0.15) is 53.9 Å². The van der Waals surface area contributed by atoms with Crippen LogP contribution in [0.2, 0.25) is 5.02 Å². The zero-order chi connectivity index (χ0) is 21.7. The van der Waals surface area contributed by atoms with Crippen molar-refractivity contribution >= 4 is 24.0 Å². The molecule has 0 amide bonds. The van der Waals surface area contributed by atoms with E-state index in [0.29, 0.717) is 10.9 Å². The summed E-state index contributed by atoms with van der Waals surface area (Å²) in [6.45, 7) is 5.08. The van der Waals surface area contributed by atoms with Crippen molar-refractivity contribution < 1.29 is 5.11 Å². The minimum absolute atomic E-state index is 0. The molecule has 4 heteroatoms. The lowest BCUT2D eigenvalue weighted by atomic mass is 9.84. The van der Waals surface area contributed by atoms with Crippen LogP contribution in [-0.4, -0.2) is 29.6 Å². The maximum Gasteiger partial charge on any atom is 0.0920 e. The number of halogens is 2. The summed E-state index contributed by atoms with van der Waals surface area (Å²) in [6, 6.07) is 27.5. The third-order valence-corrected chi connectivity index (χ3v) is 6.97. The smallest absolute Gasteiger partial charge is 0.0920 e. The van der Waals surface area contributed by atoms with Crippen molar-refractivity contribution in [2.45, 2.75) is 44.1 Å². The SMILES string of the molecule is Cc1ccc(C(CCCN2CCC(O)(c3ccc(Cl)cc3)CC2)c2ccccc2)cc1.Cl. The first-order chi connectivity index (χ1) is 15.0. The van der Waals surface area contributed by atoms with Gasteiger partial charge in [0.2, 0.25) is 0 Å². The Balaban J connectivity index is 0.00000289. The molecule has 32 heavy (non-hydrogen) atoms. The average molecular weight is 470 g/mol. The van der Waals surface area contributed by atoms with Crippen LogP contribution in [0.4, 0.5) is 0 Å². The Labute approximate surface area is 203 Å². The number of aliphatic hydroxyl groups is 1. The monoisotopic (exact) mass is 469 g/mol. The van der Waals surface area contributed by atoms with Gasteiger partial charge >= 0.3 is 0 Å². The van der Waals surface area contributed by atoms with E-state index in [1.54, 1.807) is 0 Å². The maximum absolute atomic E-state index is 11.1. The number of benzene rings is 3. The van der Waals surface area contributed by atoms with Gasteiger partial charge in [-0.25, -0.2) is 0 Å². The molecule has 1 unspecified atom stereocenters. The van der Waals surface area contributed by atoms with Crippen LogP contribution in [-0.2, 0) is 5.60 Å². The van der Waals surface area contributed by atoms with Gasteiger partial charge in [0.15, 0.2) is 0 Å². The minimum atomic E-state index is -0.727. The van der Waals surface area contributed by atoms with Crippen LogP contribution in [0.15, 0.2) is 78.9 Å². The molecule has 1 atom stereocenters. The number of aryl methyl sites for hydroxylation is 1. The molecule has 170 valence electrons. The number of rotatable bonds is 7. The molecular weight excluding hydrogens is 437 g/mol. The van der Waals surface area contributed by atoms with E-state index in [4.69, 9.17) is 11.6 Å². The van der Waals surface area contributed by atoms with E-state index in [0.717, 1.165) is 50.9 Å². The van der Waals surface area contributed by atoms with Crippen LogP contribution < -0.4 is 0 Å². The molecule has 4 rings (SSSR count). The molecule has 0 radical (unpaired) electrons. The lowest BCUT2D eigenvalue weighted by Gasteiger charge is -2.38. The first kappa shape index (κ1) is 24.8. The van der Waals surface area contributed by atoms with Crippen LogP contribution in [0, 0.1) is 6.92 Å². The van der Waals surface area contributed by atoms with E-state index in [-0.39, 0.29) is 12.4 Å². The van der Waals surface area contributed by atoms with Gasteiger partial charge in [0.1, 0.15) is 0 Å². The standard InChI is InChI=1S/C28H32ClNO.ClH/c1-22-9-11-24(12-10-22)27(23-6-3-2-4-7-23)8-5-19-30-20-17-28(31,18-21-30)25-13-15-26(29)16-14-25;/h2-4,6-7,9-16,27,31H,5,8,17-21H2,1H3;1H. The highest BCUT2D eigenvalue weighted by molar-refractivity contribution is 6.30. The summed E-state index contributed by atoms with van der Waals surface area (Å²) in [7, 11) is 0. The van der Waals surface area contributed by atoms with Gasteiger partial charge in [0.05, 0.1) is 5.60 Å². The highest BCUT2D eigenvalue weighted by Crippen LogP contribution is 2.34. The highest BCUT2D eigenvalue weighted by atomic mass is 35.5. The van der Waals surface area contributed by atoms with Crippen molar-refractivity contribution in [1.29, 1.82) is 0 Å². The van der Waals surface area contributed by atoms with E-state index >= 15 is 0 Å². The molecule has 0 aliphatic carbocycles. The van der Waals surface area contributed by atoms with Gasteiger partial charge in [-0.1, -0.05) is 83.9 Å². The largest absolute Gasteiger partial charge is 0.385 e. The minimum Gasteiger partial charge on any atom is -0.385 e. The molecule has 3 aromatic rings. The normalized spacial score (nSPS) is 16.8. The van der Waals surface area contributed by atoms with Gasteiger partial charge in [0.25, 0.3) is 0 Å². The number of piperidine rings is 1. The van der Waals surface area contributed by atoms with Crippen molar-refractivity contribution in [3.63, 3.8) is 0 Å². The summed E-state index contributed by atoms with van der Waals surface area (Å²) >= 11 is 6.01. The Kier molecular flexibility index (Phi) is 8.79. The fourth-order valence-corrected chi connectivity index (χ4v) is 4.85. The fraction of sp³-hybridized carbons (Fsp3) is 0.357.